The van der Waals surface area contributed by atoms with Crippen LogP contribution in [0, 0.1) is 0 Å². The summed E-state index contributed by atoms with van der Waals surface area (Å²) < 4.78 is 31.4. The summed E-state index contributed by atoms with van der Waals surface area (Å²) in [7, 11) is -4.36. The quantitative estimate of drug-likeness (QED) is 0.445. The first-order valence-electron chi connectivity index (χ1n) is 5.66. The summed E-state index contributed by atoms with van der Waals surface area (Å²) in [6.07, 6.45) is 0. The Morgan fingerprint density at radius 1 is 0.952 bits per heavy atom. The van der Waals surface area contributed by atoms with Gasteiger partial charge < -0.3 is 0 Å². The molecule has 106 valence electrons. The fourth-order valence-electron chi connectivity index (χ4n) is 1.58. The van der Waals surface area contributed by atoms with Gasteiger partial charge in [-0.1, -0.05) is 30.3 Å². The van der Waals surface area contributed by atoms with E-state index in [1.807, 2.05) is 0 Å². The average molecular weight is 316 g/mol. The number of hydrogen-bond donors (Lipinski definition) is 3. The Hall–Kier alpha value is -1.38. The van der Waals surface area contributed by atoms with Crippen molar-refractivity contribution in [2.75, 3.05) is 5.43 Å². The Kier molecular flexibility index (Phi) is 6.38. The molecule has 21 heavy (non-hydrogen) atoms. The van der Waals surface area contributed by atoms with Crippen molar-refractivity contribution in [1.29, 1.82) is 0 Å². The van der Waals surface area contributed by atoms with Crippen LogP contribution in [0.3, 0.4) is 0 Å². The van der Waals surface area contributed by atoms with Crippen molar-refractivity contribution in [1.82, 2.24) is 5.43 Å². The first-order chi connectivity index (χ1) is 9.48. The molecular weight excluding hydrogens is 303 g/mol. The molecule has 0 spiro atoms. The molecule has 8 heteroatoms. The van der Waals surface area contributed by atoms with Crippen molar-refractivity contribution >= 4 is 51.3 Å². The Morgan fingerprint density at radius 3 is 2.14 bits per heavy atom. The van der Waals surface area contributed by atoms with Crippen LogP contribution in [0.15, 0.2) is 59.5 Å². The zero-order valence-corrected chi connectivity index (χ0v) is 11.1. The number of para-hydroxylation sites is 1. The second kappa shape index (κ2) is 7.58. The van der Waals surface area contributed by atoms with Gasteiger partial charge in [0, 0.05) is 5.56 Å². The van der Waals surface area contributed by atoms with Crippen LogP contribution in [0.5, 0.6) is 0 Å². The van der Waals surface area contributed by atoms with Crippen LogP contribution in [0.4, 0.5) is 5.69 Å². The maximum absolute atomic E-state index is 11.8. The van der Waals surface area contributed by atoms with Crippen molar-refractivity contribution < 1.29 is 17.8 Å². The summed E-state index contributed by atoms with van der Waals surface area (Å²) >= 11 is 0. The average Bonchev–Trinajstić information content (AvgIpc) is 2.45. The van der Waals surface area contributed by atoms with Gasteiger partial charge in [-0.05, 0) is 24.3 Å². The monoisotopic (exact) mass is 316 g/mol. The third-order valence-corrected chi connectivity index (χ3v) is 3.42. The van der Waals surface area contributed by atoms with Crippen molar-refractivity contribution in [2.24, 2.45) is 0 Å². The van der Waals surface area contributed by atoms with Crippen LogP contribution in [-0.2, 0) is 10.1 Å². The van der Waals surface area contributed by atoms with Crippen LogP contribution in [0.2, 0.25) is 0 Å². The number of carbonyl (C=O) groups is 1. The van der Waals surface area contributed by atoms with E-state index in [1.54, 1.807) is 36.4 Å². The Labute approximate surface area is 144 Å². The van der Waals surface area contributed by atoms with Crippen LogP contribution >= 0.6 is 0 Å². The summed E-state index contributed by atoms with van der Waals surface area (Å²) in [4.78, 5) is 11.5. The fourth-order valence-corrected chi connectivity index (χ4v) is 2.23. The Balaban J connectivity index is 0.00000220. The molecule has 0 fully saturated rings. The van der Waals surface area contributed by atoms with Crippen LogP contribution in [0.25, 0.3) is 0 Å². The van der Waals surface area contributed by atoms with Gasteiger partial charge >= 0.3 is 29.6 Å². The van der Waals surface area contributed by atoms with E-state index in [0.29, 0.717) is 5.56 Å². The normalized spacial score (nSPS) is 10.3. The van der Waals surface area contributed by atoms with Gasteiger partial charge in [0.15, 0.2) is 0 Å². The van der Waals surface area contributed by atoms with E-state index >= 15 is 0 Å². The molecule has 0 aliphatic heterocycles. The third kappa shape index (κ3) is 4.83. The Bertz CT molecular complexity index is 720. The van der Waals surface area contributed by atoms with Gasteiger partial charge in [-0.25, -0.2) is 0 Å². The van der Waals surface area contributed by atoms with Crippen LogP contribution < -0.4 is 10.9 Å². The van der Waals surface area contributed by atoms with E-state index in [0.717, 1.165) is 0 Å². The predicted molar refractivity (Wildman–Crippen MR) is 80.9 cm³/mol. The van der Waals surface area contributed by atoms with Gasteiger partial charge in [0.25, 0.3) is 16.0 Å². The SMILES string of the molecule is O=C(NNc1ccccc1S(=O)(=O)O)c1ccccc1.[NaH]. The number of carbonyl (C=O) groups excluding carboxylic acids is 1. The zero-order chi connectivity index (χ0) is 14.6. The van der Waals surface area contributed by atoms with Gasteiger partial charge in [-0.3, -0.25) is 20.2 Å². The van der Waals surface area contributed by atoms with E-state index < -0.39 is 16.0 Å². The van der Waals surface area contributed by atoms with E-state index in [2.05, 4.69) is 10.9 Å². The molecule has 0 aromatic heterocycles. The molecule has 0 saturated heterocycles. The molecule has 0 atom stereocenters. The third-order valence-electron chi connectivity index (χ3n) is 2.51. The summed E-state index contributed by atoms with van der Waals surface area (Å²) in [6, 6.07) is 14.1. The first-order valence-corrected chi connectivity index (χ1v) is 7.10. The molecule has 0 radical (unpaired) electrons. The molecule has 3 N–H and O–H groups in total. The number of hydrazine groups is 1. The Morgan fingerprint density at radius 2 is 1.52 bits per heavy atom. The van der Waals surface area contributed by atoms with Gasteiger partial charge in [0.2, 0.25) is 0 Å². The first kappa shape index (κ1) is 17.7. The molecule has 0 unspecified atom stereocenters. The summed E-state index contributed by atoms with van der Waals surface area (Å²) in [6.45, 7) is 0. The number of hydrogen-bond acceptors (Lipinski definition) is 4. The number of amides is 1. The van der Waals surface area contributed by atoms with Crippen molar-refractivity contribution in [3.63, 3.8) is 0 Å². The minimum absolute atomic E-state index is 0. The zero-order valence-electron chi connectivity index (χ0n) is 10.3. The number of benzene rings is 2. The minimum atomic E-state index is -4.36. The fraction of sp³-hybridized carbons (Fsp3) is 0. The molecule has 1 amide bonds. The molecule has 0 bridgehead atoms. The van der Waals surface area contributed by atoms with Gasteiger partial charge in [-0.2, -0.15) is 8.42 Å². The maximum atomic E-state index is 11.8. The molecule has 0 aliphatic carbocycles. The van der Waals surface area contributed by atoms with E-state index in [9.17, 15) is 13.2 Å². The molecule has 6 nitrogen and oxygen atoms in total. The van der Waals surface area contributed by atoms with Crippen LogP contribution in [0.1, 0.15) is 10.4 Å². The summed E-state index contributed by atoms with van der Waals surface area (Å²) in [5.41, 5.74) is 5.35. The summed E-state index contributed by atoms with van der Waals surface area (Å²) in [5, 5.41) is 0. The van der Waals surface area contributed by atoms with E-state index in [1.165, 1.54) is 18.2 Å². The molecule has 0 saturated carbocycles. The van der Waals surface area contributed by atoms with E-state index in [-0.39, 0.29) is 40.1 Å². The molecular formula is C13H13N2NaO4S. The standard InChI is InChI=1S/C13H12N2O4S.Na.H/c16-13(10-6-2-1-3-7-10)15-14-11-8-4-5-9-12(11)20(17,18)19;;/h1-9,14H,(H,15,16)(H,17,18,19);;. The molecule has 0 aliphatic rings. The number of nitrogens with one attached hydrogen (secondary N) is 2. The molecule has 2 rings (SSSR count). The van der Waals surface area contributed by atoms with Crippen molar-refractivity contribution in [3.8, 4) is 0 Å². The number of rotatable bonds is 4. The van der Waals surface area contributed by atoms with Crippen molar-refractivity contribution in [3.05, 3.63) is 60.2 Å². The van der Waals surface area contributed by atoms with Gasteiger partial charge in [-0.15, -0.1) is 0 Å². The molecule has 2 aromatic carbocycles. The molecule has 2 aromatic rings. The number of anilines is 1. The van der Waals surface area contributed by atoms with Gasteiger partial charge in [0.1, 0.15) is 4.90 Å². The molecule has 0 heterocycles. The van der Waals surface area contributed by atoms with E-state index in [4.69, 9.17) is 4.55 Å². The topological polar surface area (TPSA) is 95.5 Å². The second-order valence-corrected chi connectivity index (χ2v) is 5.31. The second-order valence-electron chi connectivity index (χ2n) is 3.92. The summed E-state index contributed by atoms with van der Waals surface area (Å²) in [5.74, 6) is -0.421. The van der Waals surface area contributed by atoms with Crippen molar-refractivity contribution in [2.45, 2.75) is 4.90 Å². The van der Waals surface area contributed by atoms with Crippen LogP contribution in [-0.4, -0.2) is 48.4 Å². The predicted octanol–water partition coefficient (Wildman–Crippen LogP) is 1.04. The van der Waals surface area contributed by atoms with Gasteiger partial charge in [0.05, 0.1) is 5.69 Å².